The SMILES string of the molecule is CC1(C)c2ccccc2-c2ccc(N(c3cccc(-c4ccccc4)c3)c3ccc4oc5cc6c(cc5c4c3)oc3ccc(-c4ccccc4)cc36)cc21. The third-order valence-electron chi connectivity index (χ3n) is 11.4. The highest BCUT2D eigenvalue weighted by atomic mass is 16.3. The van der Waals surface area contributed by atoms with Crippen LogP contribution in [0.25, 0.3) is 77.3 Å². The van der Waals surface area contributed by atoms with Crippen molar-refractivity contribution >= 4 is 60.9 Å². The first kappa shape index (κ1) is 30.8. The van der Waals surface area contributed by atoms with Crippen LogP contribution in [-0.4, -0.2) is 0 Å². The number of benzene rings is 8. The van der Waals surface area contributed by atoms with Crippen molar-refractivity contribution in [3.63, 3.8) is 0 Å². The van der Waals surface area contributed by atoms with Crippen molar-refractivity contribution in [1.82, 2.24) is 0 Å². The van der Waals surface area contributed by atoms with Gasteiger partial charge in [-0.05, 0) is 111 Å². The van der Waals surface area contributed by atoms with Crippen LogP contribution < -0.4 is 4.90 Å². The van der Waals surface area contributed by atoms with Gasteiger partial charge in [-0.15, -0.1) is 0 Å². The smallest absolute Gasteiger partial charge is 0.136 e. The topological polar surface area (TPSA) is 29.5 Å². The first-order valence-electron chi connectivity index (χ1n) is 18.6. The molecule has 11 rings (SSSR count). The maximum atomic E-state index is 6.58. The molecule has 0 saturated heterocycles. The Hall–Kier alpha value is -6.84. The Labute approximate surface area is 313 Å². The van der Waals surface area contributed by atoms with Gasteiger partial charge in [-0.2, -0.15) is 0 Å². The van der Waals surface area contributed by atoms with Crippen LogP contribution in [0.4, 0.5) is 17.1 Å². The summed E-state index contributed by atoms with van der Waals surface area (Å²) in [5.41, 5.74) is 16.6. The minimum atomic E-state index is -0.121. The van der Waals surface area contributed by atoms with Crippen LogP contribution in [0.3, 0.4) is 0 Å². The van der Waals surface area contributed by atoms with Crippen LogP contribution >= 0.6 is 0 Å². The molecule has 1 aliphatic carbocycles. The maximum absolute atomic E-state index is 6.58. The number of hydrogen-bond acceptors (Lipinski definition) is 3. The fourth-order valence-corrected chi connectivity index (χ4v) is 8.72. The second-order valence-corrected chi connectivity index (χ2v) is 15.0. The van der Waals surface area contributed by atoms with Crippen molar-refractivity contribution < 1.29 is 8.83 Å². The Morgan fingerprint density at radius 1 is 0.352 bits per heavy atom. The third kappa shape index (κ3) is 4.68. The molecule has 0 aliphatic heterocycles. The van der Waals surface area contributed by atoms with Crippen molar-refractivity contribution in [2.24, 2.45) is 0 Å². The molecular formula is C51H35NO2. The van der Waals surface area contributed by atoms with Crippen LogP contribution in [-0.2, 0) is 5.41 Å². The Morgan fingerprint density at radius 2 is 0.870 bits per heavy atom. The van der Waals surface area contributed by atoms with Crippen molar-refractivity contribution in [2.75, 3.05) is 4.90 Å². The highest BCUT2D eigenvalue weighted by Gasteiger charge is 2.35. The molecule has 0 spiro atoms. The van der Waals surface area contributed by atoms with Gasteiger partial charge in [-0.1, -0.05) is 123 Å². The molecule has 0 atom stereocenters. The summed E-state index contributed by atoms with van der Waals surface area (Å²) in [4.78, 5) is 2.38. The third-order valence-corrected chi connectivity index (χ3v) is 11.4. The number of anilines is 3. The molecule has 2 heterocycles. The van der Waals surface area contributed by atoms with Crippen molar-refractivity contribution in [3.05, 3.63) is 187 Å². The van der Waals surface area contributed by atoms with Gasteiger partial charge in [0.15, 0.2) is 0 Å². The molecule has 54 heavy (non-hydrogen) atoms. The summed E-state index contributed by atoms with van der Waals surface area (Å²) in [6.07, 6.45) is 0. The lowest BCUT2D eigenvalue weighted by molar-refractivity contribution is 0.660. The van der Waals surface area contributed by atoms with Crippen molar-refractivity contribution in [2.45, 2.75) is 19.3 Å². The fraction of sp³-hybridized carbons (Fsp3) is 0.0588. The Morgan fingerprint density at radius 3 is 1.59 bits per heavy atom. The molecule has 3 heteroatoms. The van der Waals surface area contributed by atoms with E-state index in [9.17, 15) is 0 Å². The fourth-order valence-electron chi connectivity index (χ4n) is 8.72. The van der Waals surface area contributed by atoms with Gasteiger partial charge in [-0.3, -0.25) is 0 Å². The molecule has 0 radical (unpaired) electrons. The number of furan rings is 2. The van der Waals surface area contributed by atoms with E-state index in [4.69, 9.17) is 8.83 Å². The Kier molecular flexibility index (Phi) is 6.60. The lowest BCUT2D eigenvalue weighted by atomic mass is 9.82. The van der Waals surface area contributed by atoms with Crippen LogP contribution in [0.15, 0.2) is 185 Å². The molecular weight excluding hydrogens is 659 g/mol. The molecule has 256 valence electrons. The Balaban J connectivity index is 1.09. The van der Waals surface area contributed by atoms with Gasteiger partial charge in [-0.25, -0.2) is 0 Å². The average molecular weight is 694 g/mol. The molecule has 0 N–H and O–H groups in total. The van der Waals surface area contributed by atoms with Gasteiger partial charge in [0, 0.05) is 44.0 Å². The molecule has 0 saturated carbocycles. The number of nitrogens with zero attached hydrogens (tertiary/aromatic N) is 1. The molecule has 8 aromatic carbocycles. The van der Waals surface area contributed by atoms with E-state index in [2.05, 4.69) is 189 Å². The highest BCUT2D eigenvalue weighted by molar-refractivity contribution is 6.15. The zero-order chi connectivity index (χ0) is 36.0. The van der Waals surface area contributed by atoms with Crippen molar-refractivity contribution in [1.29, 1.82) is 0 Å². The number of hydrogen-bond donors (Lipinski definition) is 0. The molecule has 3 nitrogen and oxygen atoms in total. The minimum Gasteiger partial charge on any atom is -0.456 e. The quantitative estimate of drug-likeness (QED) is 0.180. The van der Waals surface area contributed by atoms with Crippen molar-refractivity contribution in [3.8, 4) is 33.4 Å². The van der Waals surface area contributed by atoms with E-state index in [-0.39, 0.29) is 5.41 Å². The van der Waals surface area contributed by atoms with E-state index in [1.807, 2.05) is 6.07 Å². The highest BCUT2D eigenvalue weighted by Crippen LogP contribution is 2.51. The summed E-state index contributed by atoms with van der Waals surface area (Å²) in [5, 5.41) is 4.22. The van der Waals surface area contributed by atoms with Gasteiger partial charge in [0.05, 0.1) is 0 Å². The molecule has 0 unspecified atom stereocenters. The molecule has 0 bridgehead atoms. The lowest BCUT2D eigenvalue weighted by Crippen LogP contribution is -2.16. The standard InChI is InChI=1S/C51H35NO2/c1-51(2)45-19-10-9-18-39(45)40-23-21-38(29-46(40)51)52(36-17-11-16-34(26-36)32-12-5-3-6-13-32)37-22-25-48-42(28-37)44-31-49-43(30-50(44)54-48)41-27-35(20-24-47(41)53-49)33-14-7-4-8-15-33/h3-31H,1-2H3. The summed E-state index contributed by atoms with van der Waals surface area (Å²) in [6, 6.07) is 63.0. The van der Waals surface area contributed by atoms with E-state index in [0.717, 1.165) is 66.5 Å². The average Bonchev–Trinajstić information content (AvgIpc) is 3.84. The Bertz CT molecular complexity index is 3080. The lowest BCUT2D eigenvalue weighted by Gasteiger charge is -2.28. The van der Waals surface area contributed by atoms with Crippen LogP contribution in [0.5, 0.6) is 0 Å². The summed E-state index contributed by atoms with van der Waals surface area (Å²) in [6.45, 7) is 4.68. The molecule has 10 aromatic rings. The van der Waals surface area contributed by atoms with E-state index >= 15 is 0 Å². The summed E-state index contributed by atoms with van der Waals surface area (Å²) in [7, 11) is 0. The molecule has 2 aromatic heterocycles. The maximum Gasteiger partial charge on any atom is 0.136 e. The molecule has 0 amide bonds. The van der Waals surface area contributed by atoms with E-state index < -0.39 is 0 Å². The summed E-state index contributed by atoms with van der Waals surface area (Å²) < 4.78 is 13.1. The normalized spacial score (nSPS) is 13.1. The molecule has 1 aliphatic rings. The van der Waals surface area contributed by atoms with E-state index in [1.54, 1.807) is 0 Å². The monoisotopic (exact) mass is 693 g/mol. The predicted molar refractivity (Wildman–Crippen MR) is 224 cm³/mol. The van der Waals surface area contributed by atoms with Crippen LogP contribution in [0.1, 0.15) is 25.0 Å². The second kappa shape index (κ2) is 11.6. The van der Waals surface area contributed by atoms with E-state index in [0.29, 0.717) is 0 Å². The zero-order valence-corrected chi connectivity index (χ0v) is 30.0. The minimum absolute atomic E-state index is 0.121. The van der Waals surface area contributed by atoms with E-state index in [1.165, 1.54) is 38.9 Å². The van der Waals surface area contributed by atoms with Gasteiger partial charge in [0.25, 0.3) is 0 Å². The summed E-state index contributed by atoms with van der Waals surface area (Å²) >= 11 is 0. The van der Waals surface area contributed by atoms with Gasteiger partial charge < -0.3 is 13.7 Å². The van der Waals surface area contributed by atoms with Gasteiger partial charge in [0.1, 0.15) is 22.3 Å². The molecule has 0 fully saturated rings. The predicted octanol–water partition coefficient (Wildman–Crippen LogP) is 14.6. The van der Waals surface area contributed by atoms with Gasteiger partial charge >= 0.3 is 0 Å². The first-order valence-corrected chi connectivity index (χ1v) is 18.6. The van der Waals surface area contributed by atoms with Gasteiger partial charge in [0.2, 0.25) is 0 Å². The summed E-state index contributed by atoms with van der Waals surface area (Å²) in [5.74, 6) is 0. The zero-order valence-electron chi connectivity index (χ0n) is 30.0. The number of rotatable bonds is 5. The first-order chi connectivity index (χ1) is 26.5. The number of fused-ring (bicyclic) bond motifs is 9. The van der Waals surface area contributed by atoms with Crippen LogP contribution in [0, 0.1) is 0 Å². The van der Waals surface area contributed by atoms with Crippen LogP contribution in [0.2, 0.25) is 0 Å². The second-order valence-electron chi connectivity index (χ2n) is 15.0. The largest absolute Gasteiger partial charge is 0.456 e.